The molecule has 10 heteroatoms. The maximum atomic E-state index is 12.2. The Labute approximate surface area is 182 Å². The van der Waals surface area contributed by atoms with E-state index in [1.165, 1.54) is 11.8 Å². The number of rotatable bonds is 3. The number of halogens is 2. The number of anilines is 1. The monoisotopic (exact) mass is 470 g/mol. The molecule has 0 aliphatic carbocycles. The molecule has 3 heterocycles. The van der Waals surface area contributed by atoms with Gasteiger partial charge in [0.05, 0.1) is 23.6 Å². The van der Waals surface area contributed by atoms with Gasteiger partial charge in [-0.2, -0.15) is 0 Å². The van der Waals surface area contributed by atoms with Gasteiger partial charge in [-0.1, -0.05) is 41.0 Å². The molecule has 3 aliphatic heterocycles. The molecule has 0 amide bonds. The molecule has 0 unspecified atom stereocenters. The van der Waals surface area contributed by atoms with E-state index in [9.17, 15) is 8.42 Å². The summed E-state index contributed by atoms with van der Waals surface area (Å²) in [5.74, 6) is 2.09. The maximum absolute atomic E-state index is 12.2. The number of aliphatic imine (C=N–C) groups is 1. The van der Waals surface area contributed by atoms with Gasteiger partial charge in [-0.3, -0.25) is 4.99 Å². The number of nitrogens with zero attached hydrogens (tertiary/aromatic N) is 2. The average molecular weight is 471 g/mol. The lowest BCUT2D eigenvalue weighted by Crippen LogP contribution is -2.39. The minimum absolute atomic E-state index is 0.0739. The van der Waals surface area contributed by atoms with Gasteiger partial charge in [0, 0.05) is 27.6 Å². The number of ether oxygens (including phenoxy) is 2. The van der Waals surface area contributed by atoms with Crippen LogP contribution in [0.5, 0.6) is 11.5 Å². The molecule has 0 saturated carbocycles. The minimum Gasteiger partial charge on any atom is -0.454 e. The normalized spacial score (nSPS) is 23.9. The molecule has 0 bridgehead atoms. The predicted molar refractivity (Wildman–Crippen MR) is 116 cm³/mol. The third-order valence-electron chi connectivity index (χ3n) is 5.11. The van der Waals surface area contributed by atoms with Gasteiger partial charge in [-0.15, -0.1) is 0 Å². The summed E-state index contributed by atoms with van der Waals surface area (Å²) in [5, 5.41) is 1.96. The van der Waals surface area contributed by atoms with Crippen molar-refractivity contribution in [2.75, 3.05) is 23.2 Å². The lowest BCUT2D eigenvalue weighted by molar-refractivity contribution is 0.174. The van der Waals surface area contributed by atoms with Crippen LogP contribution < -0.4 is 14.4 Å². The van der Waals surface area contributed by atoms with E-state index in [0.29, 0.717) is 27.3 Å². The lowest BCUT2D eigenvalue weighted by atomic mass is 10.1. The van der Waals surface area contributed by atoms with Crippen molar-refractivity contribution in [3.8, 4) is 11.5 Å². The Morgan fingerprint density at radius 2 is 1.93 bits per heavy atom. The summed E-state index contributed by atoms with van der Waals surface area (Å²) < 4.78 is 35.3. The van der Waals surface area contributed by atoms with Crippen molar-refractivity contribution in [1.82, 2.24) is 0 Å². The van der Waals surface area contributed by atoms with E-state index in [0.717, 1.165) is 16.4 Å². The second-order valence-electron chi connectivity index (χ2n) is 7.06. The molecule has 152 valence electrons. The van der Waals surface area contributed by atoms with Crippen LogP contribution in [-0.4, -0.2) is 44.0 Å². The van der Waals surface area contributed by atoms with Crippen molar-refractivity contribution in [3.05, 3.63) is 52.0 Å². The highest BCUT2D eigenvalue weighted by molar-refractivity contribution is 8.13. The van der Waals surface area contributed by atoms with Crippen molar-refractivity contribution in [2.45, 2.75) is 17.8 Å². The molecule has 29 heavy (non-hydrogen) atoms. The fourth-order valence-electron chi connectivity index (χ4n) is 3.75. The third-order valence-corrected chi connectivity index (χ3v) is 8.42. The molecule has 0 radical (unpaired) electrons. The van der Waals surface area contributed by atoms with Crippen LogP contribution in [0, 0.1) is 0 Å². The van der Waals surface area contributed by atoms with Gasteiger partial charge in [0.25, 0.3) is 0 Å². The van der Waals surface area contributed by atoms with Gasteiger partial charge in [0.15, 0.2) is 26.5 Å². The number of hydrogen-bond acceptors (Lipinski definition) is 7. The molecule has 0 aromatic heterocycles. The van der Waals surface area contributed by atoms with Crippen molar-refractivity contribution < 1.29 is 17.9 Å². The third kappa shape index (κ3) is 3.67. The number of benzene rings is 2. The molecule has 1 fully saturated rings. The largest absolute Gasteiger partial charge is 0.454 e. The Balaban J connectivity index is 1.45. The Hall–Kier alpha value is -1.61. The minimum atomic E-state index is -3.11. The lowest BCUT2D eigenvalue weighted by Gasteiger charge is -2.26. The van der Waals surface area contributed by atoms with Crippen molar-refractivity contribution in [2.24, 2.45) is 4.99 Å². The first-order chi connectivity index (χ1) is 13.9. The van der Waals surface area contributed by atoms with E-state index >= 15 is 0 Å². The van der Waals surface area contributed by atoms with Gasteiger partial charge < -0.3 is 14.4 Å². The molecule has 5 rings (SSSR count). The number of sulfone groups is 1. The highest BCUT2D eigenvalue weighted by Gasteiger charge is 2.47. The molecule has 3 aliphatic rings. The fraction of sp³-hybridized carbons (Fsp3) is 0.316. The Morgan fingerprint density at radius 1 is 1.10 bits per heavy atom. The number of hydrogen-bond donors (Lipinski definition) is 0. The Bertz CT molecular complexity index is 1120. The second-order valence-corrected chi connectivity index (χ2v) is 11.0. The zero-order valence-corrected chi connectivity index (χ0v) is 18.2. The van der Waals surface area contributed by atoms with E-state index in [1.54, 1.807) is 12.1 Å². The smallest absolute Gasteiger partial charge is 0.231 e. The van der Waals surface area contributed by atoms with Gasteiger partial charge >= 0.3 is 0 Å². The van der Waals surface area contributed by atoms with E-state index in [2.05, 4.69) is 0 Å². The highest BCUT2D eigenvalue weighted by atomic mass is 35.5. The van der Waals surface area contributed by atoms with Crippen LogP contribution in [0.1, 0.15) is 5.56 Å². The van der Waals surface area contributed by atoms with Crippen LogP contribution in [0.3, 0.4) is 0 Å². The fourth-order valence-corrected chi connectivity index (χ4v) is 7.28. The summed E-state index contributed by atoms with van der Waals surface area (Å²) in [6.45, 7) is 0.185. The average Bonchev–Trinajstić information content (AvgIpc) is 3.32. The molecule has 0 spiro atoms. The molecule has 2 atom stereocenters. The number of amidine groups is 1. The van der Waals surface area contributed by atoms with Crippen LogP contribution in [0.2, 0.25) is 10.0 Å². The molecule has 6 nitrogen and oxygen atoms in total. The van der Waals surface area contributed by atoms with Crippen LogP contribution >= 0.6 is 35.0 Å². The number of fused-ring (bicyclic) bond motifs is 2. The van der Waals surface area contributed by atoms with Gasteiger partial charge in [0.1, 0.15) is 0 Å². The first kappa shape index (κ1) is 19.4. The van der Waals surface area contributed by atoms with Gasteiger partial charge in [-0.05, 0) is 29.8 Å². The molecule has 2 aromatic carbocycles. The van der Waals surface area contributed by atoms with Crippen LogP contribution in [0.15, 0.2) is 41.4 Å². The van der Waals surface area contributed by atoms with Crippen LogP contribution in [0.25, 0.3) is 0 Å². The van der Waals surface area contributed by atoms with Crippen LogP contribution in [-0.2, 0) is 15.6 Å². The second kappa shape index (κ2) is 7.27. The summed E-state index contributed by atoms with van der Waals surface area (Å²) in [7, 11) is -3.11. The molecule has 2 aromatic rings. The topological polar surface area (TPSA) is 68.2 Å². The highest BCUT2D eigenvalue weighted by Crippen LogP contribution is 2.41. The molecular weight excluding hydrogens is 455 g/mol. The summed E-state index contributed by atoms with van der Waals surface area (Å²) in [6, 6.07) is 10.5. The Morgan fingerprint density at radius 3 is 2.76 bits per heavy atom. The summed E-state index contributed by atoms with van der Waals surface area (Å²) >= 11 is 13.8. The van der Waals surface area contributed by atoms with Crippen molar-refractivity contribution >= 4 is 55.7 Å². The van der Waals surface area contributed by atoms with Gasteiger partial charge in [0.2, 0.25) is 6.79 Å². The first-order valence-electron chi connectivity index (χ1n) is 8.93. The SMILES string of the molecule is O=S1(=O)C[C@@H]2N=C(SCc3ccc(Cl)cc3Cl)N(c3ccc4c(c3)OCO4)[C@@H]2C1. The molecule has 0 N–H and O–H groups in total. The van der Waals surface area contributed by atoms with E-state index < -0.39 is 9.84 Å². The summed E-state index contributed by atoms with van der Waals surface area (Å²) in [5.41, 5.74) is 1.78. The number of thioether (sulfide) groups is 1. The van der Waals surface area contributed by atoms with E-state index in [1.807, 2.05) is 29.2 Å². The van der Waals surface area contributed by atoms with E-state index in [-0.39, 0.29) is 30.4 Å². The zero-order valence-electron chi connectivity index (χ0n) is 15.0. The quantitative estimate of drug-likeness (QED) is 0.675. The molecular formula is C19H16Cl2N2O4S2. The molecule has 1 saturated heterocycles. The van der Waals surface area contributed by atoms with Crippen LogP contribution in [0.4, 0.5) is 5.69 Å². The maximum Gasteiger partial charge on any atom is 0.231 e. The first-order valence-corrected chi connectivity index (χ1v) is 12.5. The van der Waals surface area contributed by atoms with Gasteiger partial charge in [-0.25, -0.2) is 8.42 Å². The van der Waals surface area contributed by atoms with Crippen molar-refractivity contribution in [3.63, 3.8) is 0 Å². The summed E-state index contributed by atoms with van der Waals surface area (Å²) in [6.07, 6.45) is 0. The standard InChI is InChI=1S/C19H16Cl2N2O4S2/c20-12-2-1-11(14(21)5-12)7-28-19-22-15-8-29(24,25)9-16(15)23(19)13-3-4-17-18(6-13)27-10-26-17/h1-6,15-16H,7-10H2/t15-,16+/m0/s1. The summed E-state index contributed by atoms with van der Waals surface area (Å²) in [4.78, 5) is 6.75. The predicted octanol–water partition coefficient (Wildman–Crippen LogP) is 4.00. The zero-order chi connectivity index (χ0) is 20.2. The Kier molecular flexibility index (Phi) is 4.85. The van der Waals surface area contributed by atoms with E-state index in [4.69, 9.17) is 37.7 Å². The van der Waals surface area contributed by atoms with Crippen molar-refractivity contribution in [1.29, 1.82) is 0 Å².